The maximum Gasteiger partial charge on any atom is 0.240 e. The molecule has 0 bridgehead atoms. The third-order valence-corrected chi connectivity index (χ3v) is 4.76. The van der Waals surface area contributed by atoms with Crippen LogP contribution in [-0.4, -0.2) is 29.1 Å². The van der Waals surface area contributed by atoms with Crippen LogP contribution in [0.3, 0.4) is 0 Å². The van der Waals surface area contributed by atoms with Crippen LogP contribution in [0.2, 0.25) is 0 Å². The monoisotopic (exact) mass is 320 g/mol. The van der Waals surface area contributed by atoms with Crippen LogP contribution >= 0.6 is 0 Å². The summed E-state index contributed by atoms with van der Waals surface area (Å²) in [5, 5.41) is 0. The van der Waals surface area contributed by atoms with Crippen molar-refractivity contribution in [2.24, 2.45) is 0 Å². The van der Waals surface area contributed by atoms with Gasteiger partial charge < -0.3 is 0 Å². The number of hydrogen-bond acceptors (Lipinski definition) is 4. The van der Waals surface area contributed by atoms with Gasteiger partial charge in [0.15, 0.2) is 0 Å². The molecule has 1 aromatic carbocycles. The van der Waals surface area contributed by atoms with Crippen LogP contribution in [0.5, 0.6) is 0 Å². The highest BCUT2D eigenvalue weighted by molar-refractivity contribution is 7.92. The van der Waals surface area contributed by atoms with Gasteiger partial charge in [0.25, 0.3) is 0 Å². The smallest absolute Gasteiger partial charge is 0.240 e. The van der Waals surface area contributed by atoms with Crippen LogP contribution in [0.1, 0.15) is 26.7 Å². The summed E-state index contributed by atoms with van der Waals surface area (Å²) in [4.78, 5) is 0.111. The second kappa shape index (κ2) is 6.55. The van der Waals surface area contributed by atoms with Gasteiger partial charge in [-0.25, -0.2) is 21.6 Å². The Kier molecular flexibility index (Phi) is 5.55. The SMILES string of the molecule is CCCC(C)NS(=O)(=O)c1ccc(NS(C)(=O)=O)cc1. The van der Waals surface area contributed by atoms with Gasteiger partial charge in [0.05, 0.1) is 11.2 Å². The van der Waals surface area contributed by atoms with Crippen molar-refractivity contribution in [2.45, 2.75) is 37.6 Å². The van der Waals surface area contributed by atoms with Crippen LogP contribution < -0.4 is 9.44 Å². The predicted octanol–water partition coefficient (Wildman–Crippen LogP) is 1.52. The first-order chi connectivity index (χ1) is 9.14. The fourth-order valence-electron chi connectivity index (χ4n) is 1.74. The number of anilines is 1. The summed E-state index contributed by atoms with van der Waals surface area (Å²) in [5.41, 5.74) is 0.327. The van der Waals surface area contributed by atoms with E-state index in [1.807, 2.05) is 6.92 Å². The number of hydrogen-bond donors (Lipinski definition) is 2. The van der Waals surface area contributed by atoms with Crippen molar-refractivity contribution in [2.75, 3.05) is 11.0 Å². The molecule has 2 N–H and O–H groups in total. The molecule has 0 amide bonds. The molecular formula is C12H20N2O4S2. The molecule has 1 atom stereocenters. The topological polar surface area (TPSA) is 92.3 Å². The molecule has 0 saturated heterocycles. The minimum Gasteiger partial charge on any atom is -0.284 e. The van der Waals surface area contributed by atoms with Gasteiger partial charge in [-0.1, -0.05) is 13.3 Å². The third-order valence-electron chi connectivity index (χ3n) is 2.55. The summed E-state index contributed by atoms with van der Waals surface area (Å²) < 4.78 is 51.1. The van der Waals surface area contributed by atoms with Crippen LogP contribution in [0.4, 0.5) is 5.69 Å². The molecule has 0 aliphatic carbocycles. The second-order valence-electron chi connectivity index (χ2n) is 4.71. The Hall–Kier alpha value is -1.12. The Morgan fingerprint density at radius 2 is 1.65 bits per heavy atom. The Morgan fingerprint density at radius 3 is 2.10 bits per heavy atom. The maximum atomic E-state index is 12.1. The fraction of sp³-hybridized carbons (Fsp3) is 0.500. The van der Waals surface area contributed by atoms with Gasteiger partial charge in [-0.05, 0) is 37.6 Å². The van der Waals surface area contributed by atoms with Crippen molar-refractivity contribution in [1.82, 2.24) is 4.72 Å². The van der Waals surface area contributed by atoms with Crippen LogP contribution in [-0.2, 0) is 20.0 Å². The lowest BCUT2D eigenvalue weighted by atomic mass is 10.2. The predicted molar refractivity (Wildman–Crippen MR) is 79.6 cm³/mol. The molecule has 1 aromatic rings. The zero-order valence-electron chi connectivity index (χ0n) is 11.8. The minimum absolute atomic E-state index is 0.111. The molecule has 8 heteroatoms. The van der Waals surface area contributed by atoms with E-state index in [1.165, 1.54) is 24.3 Å². The summed E-state index contributed by atoms with van der Waals surface area (Å²) in [7, 11) is -6.94. The van der Waals surface area contributed by atoms with Crippen molar-refractivity contribution in [3.05, 3.63) is 24.3 Å². The highest BCUT2D eigenvalue weighted by atomic mass is 32.2. The van der Waals surface area contributed by atoms with Gasteiger partial charge in [0.1, 0.15) is 0 Å². The van der Waals surface area contributed by atoms with E-state index in [0.717, 1.165) is 19.1 Å². The van der Waals surface area contributed by atoms with Crippen molar-refractivity contribution in [3.8, 4) is 0 Å². The first-order valence-electron chi connectivity index (χ1n) is 6.24. The zero-order valence-corrected chi connectivity index (χ0v) is 13.4. The van der Waals surface area contributed by atoms with Gasteiger partial charge in [-0.2, -0.15) is 0 Å². The standard InChI is InChI=1S/C12H20N2O4S2/c1-4-5-10(2)13-20(17,18)12-8-6-11(7-9-12)14-19(3,15)16/h6-10,13-14H,4-5H2,1-3H3. The largest absolute Gasteiger partial charge is 0.284 e. The molecule has 0 heterocycles. The molecule has 1 rings (SSSR count). The van der Waals surface area contributed by atoms with E-state index in [-0.39, 0.29) is 10.9 Å². The van der Waals surface area contributed by atoms with Gasteiger partial charge >= 0.3 is 0 Å². The first-order valence-corrected chi connectivity index (χ1v) is 9.61. The van der Waals surface area contributed by atoms with E-state index in [4.69, 9.17) is 0 Å². The molecule has 0 aromatic heterocycles. The van der Waals surface area contributed by atoms with Crippen LogP contribution in [0.25, 0.3) is 0 Å². The van der Waals surface area contributed by atoms with Gasteiger partial charge in [0.2, 0.25) is 20.0 Å². The normalized spacial score (nSPS) is 13.9. The molecule has 6 nitrogen and oxygen atoms in total. The van der Waals surface area contributed by atoms with Crippen molar-refractivity contribution in [1.29, 1.82) is 0 Å². The fourth-order valence-corrected chi connectivity index (χ4v) is 3.58. The molecule has 20 heavy (non-hydrogen) atoms. The molecule has 1 unspecified atom stereocenters. The van der Waals surface area contributed by atoms with Gasteiger partial charge in [0, 0.05) is 11.7 Å². The summed E-state index contributed by atoms with van der Waals surface area (Å²) in [6.45, 7) is 3.79. The number of rotatable bonds is 7. The molecule has 0 spiro atoms. The molecule has 0 fully saturated rings. The second-order valence-corrected chi connectivity index (χ2v) is 8.17. The number of sulfonamides is 2. The Bertz CT molecular complexity index is 637. The van der Waals surface area contributed by atoms with E-state index in [1.54, 1.807) is 6.92 Å². The molecule has 0 aliphatic heterocycles. The average Bonchev–Trinajstić information content (AvgIpc) is 2.26. The Balaban J connectivity index is 2.87. The van der Waals surface area contributed by atoms with Crippen molar-refractivity contribution < 1.29 is 16.8 Å². The Labute approximate surface area is 120 Å². The zero-order chi connectivity index (χ0) is 15.4. The average molecular weight is 320 g/mol. The van der Waals surface area contributed by atoms with Gasteiger partial charge in [-0.3, -0.25) is 4.72 Å². The summed E-state index contributed by atoms with van der Waals surface area (Å²) >= 11 is 0. The summed E-state index contributed by atoms with van der Waals surface area (Å²) in [5.74, 6) is 0. The lowest BCUT2D eigenvalue weighted by molar-refractivity contribution is 0.544. The van der Waals surface area contributed by atoms with Crippen LogP contribution in [0, 0.1) is 0 Å². The lowest BCUT2D eigenvalue weighted by Gasteiger charge is -2.13. The third kappa shape index (κ3) is 5.48. The quantitative estimate of drug-likeness (QED) is 0.797. The molecule has 0 saturated carbocycles. The van der Waals surface area contributed by atoms with E-state index < -0.39 is 20.0 Å². The highest BCUT2D eigenvalue weighted by Crippen LogP contribution is 2.15. The lowest BCUT2D eigenvalue weighted by Crippen LogP contribution is -2.32. The van der Waals surface area contributed by atoms with E-state index in [0.29, 0.717) is 5.69 Å². The molecule has 0 radical (unpaired) electrons. The Morgan fingerprint density at radius 1 is 1.10 bits per heavy atom. The summed E-state index contributed by atoms with van der Waals surface area (Å²) in [6, 6.07) is 5.43. The number of nitrogens with one attached hydrogen (secondary N) is 2. The van der Waals surface area contributed by atoms with E-state index in [2.05, 4.69) is 9.44 Å². The van der Waals surface area contributed by atoms with Crippen molar-refractivity contribution >= 4 is 25.7 Å². The summed E-state index contributed by atoms with van der Waals surface area (Å²) in [6.07, 6.45) is 2.68. The van der Waals surface area contributed by atoms with Gasteiger partial charge in [-0.15, -0.1) is 0 Å². The minimum atomic E-state index is -3.57. The van der Waals surface area contributed by atoms with E-state index >= 15 is 0 Å². The van der Waals surface area contributed by atoms with Crippen LogP contribution in [0.15, 0.2) is 29.2 Å². The van der Waals surface area contributed by atoms with Crippen molar-refractivity contribution in [3.63, 3.8) is 0 Å². The maximum absolute atomic E-state index is 12.1. The first kappa shape index (κ1) is 16.9. The molecular weight excluding hydrogens is 300 g/mol. The molecule has 0 aliphatic rings. The van der Waals surface area contributed by atoms with E-state index in [9.17, 15) is 16.8 Å². The highest BCUT2D eigenvalue weighted by Gasteiger charge is 2.16. The molecule has 114 valence electrons. The number of benzene rings is 1.